The molecule has 0 saturated carbocycles. The average molecular weight is 431 g/mol. The number of ether oxygens (including phenoxy) is 1. The summed E-state index contributed by atoms with van der Waals surface area (Å²) >= 11 is 5.99. The second kappa shape index (κ2) is 8.03. The highest BCUT2D eigenvalue weighted by Gasteiger charge is 2.34. The van der Waals surface area contributed by atoms with E-state index in [0.29, 0.717) is 22.9 Å². The van der Waals surface area contributed by atoms with Crippen LogP contribution in [-0.2, 0) is 6.18 Å². The number of rotatable bonds is 4. The minimum absolute atomic E-state index is 0.310. The third kappa shape index (κ3) is 4.00. The monoisotopic (exact) mass is 430 g/mol. The molecule has 0 aromatic heterocycles. The van der Waals surface area contributed by atoms with Gasteiger partial charge in [-0.1, -0.05) is 48.0 Å². The molecule has 1 aliphatic heterocycles. The molecule has 0 aliphatic carbocycles. The van der Waals surface area contributed by atoms with Crippen LogP contribution in [0.3, 0.4) is 0 Å². The van der Waals surface area contributed by atoms with Crippen LogP contribution < -0.4 is 9.75 Å². The molecule has 0 spiro atoms. The molecule has 0 saturated heterocycles. The van der Waals surface area contributed by atoms with Crippen LogP contribution in [0.4, 0.5) is 18.9 Å². The van der Waals surface area contributed by atoms with Crippen molar-refractivity contribution in [2.75, 3.05) is 12.1 Å². The smallest absolute Gasteiger partial charge is 0.416 e. The van der Waals surface area contributed by atoms with Gasteiger partial charge < -0.3 is 4.74 Å². The molecule has 0 amide bonds. The zero-order chi connectivity index (χ0) is 21.3. The van der Waals surface area contributed by atoms with Crippen molar-refractivity contribution >= 4 is 23.0 Å². The lowest BCUT2D eigenvalue weighted by Crippen LogP contribution is -2.20. The topological polar surface area (TPSA) is 24.8 Å². The Morgan fingerprint density at radius 2 is 1.73 bits per heavy atom. The van der Waals surface area contributed by atoms with Gasteiger partial charge in [-0.05, 0) is 42.0 Å². The summed E-state index contributed by atoms with van der Waals surface area (Å²) in [7, 11) is 1.57. The van der Waals surface area contributed by atoms with Gasteiger partial charge in [-0.3, -0.25) is 5.01 Å². The Morgan fingerprint density at radius 1 is 1.00 bits per heavy atom. The van der Waals surface area contributed by atoms with Gasteiger partial charge in [-0.2, -0.15) is 18.3 Å². The predicted molar refractivity (Wildman–Crippen MR) is 112 cm³/mol. The van der Waals surface area contributed by atoms with E-state index >= 15 is 0 Å². The number of alkyl halides is 3. The molecule has 0 N–H and O–H groups in total. The molecule has 1 unspecified atom stereocenters. The highest BCUT2D eigenvalue weighted by Crippen LogP contribution is 2.41. The van der Waals surface area contributed by atoms with Crippen LogP contribution in [0.25, 0.3) is 0 Å². The van der Waals surface area contributed by atoms with Crippen LogP contribution in [-0.4, -0.2) is 12.8 Å². The number of hydrogen-bond acceptors (Lipinski definition) is 3. The zero-order valence-electron chi connectivity index (χ0n) is 16.0. The molecule has 30 heavy (non-hydrogen) atoms. The van der Waals surface area contributed by atoms with Crippen molar-refractivity contribution in [3.05, 3.63) is 94.5 Å². The molecular formula is C23H18ClF3N2O. The van der Waals surface area contributed by atoms with Crippen molar-refractivity contribution < 1.29 is 17.9 Å². The van der Waals surface area contributed by atoms with Gasteiger partial charge in [0.05, 0.1) is 30.1 Å². The fourth-order valence-corrected chi connectivity index (χ4v) is 3.70. The molecular weight excluding hydrogens is 413 g/mol. The van der Waals surface area contributed by atoms with Crippen molar-refractivity contribution in [1.29, 1.82) is 0 Å². The Labute approximate surface area is 177 Å². The summed E-state index contributed by atoms with van der Waals surface area (Å²) in [5.74, 6) is 0.659. The number of nitrogens with zero attached hydrogens (tertiary/aromatic N) is 2. The molecule has 1 atom stereocenters. The van der Waals surface area contributed by atoms with Crippen molar-refractivity contribution in [1.82, 2.24) is 0 Å². The largest absolute Gasteiger partial charge is 0.496 e. The number of methoxy groups -OCH3 is 1. The molecule has 7 heteroatoms. The Hall–Kier alpha value is -2.99. The highest BCUT2D eigenvalue weighted by atomic mass is 35.5. The Balaban J connectivity index is 1.81. The third-order valence-corrected chi connectivity index (χ3v) is 5.28. The summed E-state index contributed by atoms with van der Waals surface area (Å²) in [6, 6.07) is 19.6. The fourth-order valence-electron chi connectivity index (χ4n) is 3.57. The third-order valence-electron chi connectivity index (χ3n) is 5.02. The zero-order valence-corrected chi connectivity index (χ0v) is 16.8. The van der Waals surface area contributed by atoms with Crippen LogP contribution in [0.1, 0.15) is 29.2 Å². The van der Waals surface area contributed by atoms with Gasteiger partial charge in [0.25, 0.3) is 0 Å². The summed E-state index contributed by atoms with van der Waals surface area (Å²) in [6.45, 7) is 0. The van der Waals surface area contributed by atoms with Crippen molar-refractivity contribution in [2.45, 2.75) is 18.6 Å². The summed E-state index contributed by atoms with van der Waals surface area (Å²) in [4.78, 5) is 0. The Bertz CT molecular complexity index is 1080. The fraction of sp³-hybridized carbons (Fsp3) is 0.174. The molecule has 0 radical (unpaired) electrons. The van der Waals surface area contributed by atoms with E-state index in [0.717, 1.165) is 29.0 Å². The normalized spacial score (nSPS) is 16.5. The second-order valence-electron chi connectivity index (χ2n) is 6.91. The molecule has 3 aromatic rings. The van der Waals surface area contributed by atoms with Crippen LogP contribution in [0.5, 0.6) is 5.75 Å². The van der Waals surface area contributed by atoms with E-state index in [9.17, 15) is 13.2 Å². The molecule has 0 bridgehead atoms. The summed E-state index contributed by atoms with van der Waals surface area (Å²) in [6.07, 6.45) is -3.92. The molecule has 3 aromatic carbocycles. The van der Waals surface area contributed by atoms with Crippen LogP contribution in [0.15, 0.2) is 77.9 Å². The van der Waals surface area contributed by atoms with Crippen molar-refractivity contribution in [3.8, 4) is 5.75 Å². The van der Waals surface area contributed by atoms with Crippen LogP contribution in [0, 0.1) is 0 Å². The van der Waals surface area contributed by atoms with Gasteiger partial charge in [-0.25, -0.2) is 0 Å². The predicted octanol–water partition coefficient (Wildman–Crippen LogP) is 6.72. The number of hydrogen-bond donors (Lipinski definition) is 0. The van der Waals surface area contributed by atoms with Gasteiger partial charge in [0.2, 0.25) is 0 Å². The van der Waals surface area contributed by atoms with Crippen molar-refractivity contribution in [2.24, 2.45) is 5.10 Å². The first-order chi connectivity index (χ1) is 14.4. The van der Waals surface area contributed by atoms with E-state index in [1.54, 1.807) is 30.3 Å². The van der Waals surface area contributed by atoms with Crippen molar-refractivity contribution in [3.63, 3.8) is 0 Å². The Kier molecular flexibility index (Phi) is 5.43. The van der Waals surface area contributed by atoms with Gasteiger partial charge in [0, 0.05) is 17.0 Å². The number of para-hydroxylation sites is 1. The summed E-state index contributed by atoms with van der Waals surface area (Å²) < 4.78 is 45.4. The van der Waals surface area contributed by atoms with Crippen LogP contribution in [0.2, 0.25) is 5.02 Å². The highest BCUT2D eigenvalue weighted by molar-refractivity contribution is 6.30. The van der Waals surface area contributed by atoms with Crippen LogP contribution >= 0.6 is 11.6 Å². The standard InChI is InChI=1S/C23H18ClF3N2O/c1-30-22-8-3-2-7-19(22)21-14-20(15-9-11-17(24)12-10-15)28-29(21)18-6-4-5-16(13-18)23(25,26)27/h2-13,21H,14H2,1H3. The quantitative estimate of drug-likeness (QED) is 0.458. The van der Waals surface area contributed by atoms with Gasteiger partial charge in [-0.15, -0.1) is 0 Å². The first-order valence-electron chi connectivity index (χ1n) is 9.29. The molecule has 0 fully saturated rings. The van der Waals surface area contributed by atoms with Gasteiger partial charge in [0.1, 0.15) is 5.75 Å². The van der Waals surface area contributed by atoms with Gasteiger partial charge in [0.15, 0.2) is 0 Å². The van der Waals surface area contributed by atoms with E-state index in [4.69, 9.17) is 21.4 Å². The minimum atomic E-state index is -4.43. The van der Waals surface area contributed by atoms with E-state index in [1.165, 1.54) is 6.07 Å². The lowest BCUT2D eigenvalue weighted by atomic mass is 9.97. The Morgan fingerprint density at radius 3 is 2.43 bits per heavy atom. The number of halogens is 4. The average Bonchev–Trinajstić information content (AvgIpc) is 3.19. The van der Waals surface area contributed by atoms with E-state index < -0.39 is 11.7 Å². The maximum atomic E-state index is 13.3. The molecule has 3 nitrogen and oxygen atoms in total. The molecule has 1 aliphatic rings. The summed E-state index contributed by atoms with van der Waals surface area (Å²) in [5, 5.41) is 6.94. The lowest BCUT2D eigenvalue weighted by Gasteiger charge is -2.26. The summed E-state index contributed by atoms with van der Waals surface area (Å²) in [5.41, 5.74) is 2.14. The number of benzene rings is 3. The maximum absolute atomic E-state index is 13.3. The van der Waals surface area contributed by atoms with E-state index in [1.807, 2.05) is 36.4 Å². The van der Waals surface area contributed by atoms with E-state index in [2.05, 4.69) is 0 Å². The number of hydrazone groups is 1. The maximum Gasteiger partial charge on any atom is 0.416 e. The molecule has 4 rings (SSSR count). The molecule has 154 valence electrons. The second-order valence-corrected chi connectivity index (χ2v) is 7.34. The minimum Gasteiger partial charge on any atom is -0.496 e. The SMILES string of the molecule is COc1ccccc1C1CC(c2ccc(Cl)cc2)=NN1c1cccc(C(F)(F)F)c1. The first kappa shape index (κ1) is 20.3. The lowest BCUT2D eigenvalue weighted by molar-refractivity contribution is -0.137. The van der Waals surface area contributed by atoms with E-state index in [-0.39, 0.29) is 6.04 Å². The first-order valence-corrected chi connectivity index (χ1v) is 9.67. The number of anilines is 1. The molecule has 1 heterocycles. The van der Waals surface area contributed by atoms with Gasteiger partial charge >= 0.3 is 6.18 Å².